The van der Waals surface area contributed by atoms with E-state index in [1.807, 2.05) is 0 Å². The molecule has 10 nitrogen and oxygen atoms in total. The van der Waals surface area contributed by atoms with Crippen molar-refractivity contribution >= 4 is 40.8 Å². The van der Waals surface area contributed by atoms with Crippen LogP contribution in [-0.4, -0.2) is 31.5 Å². The number of nitrogens with zero attached hydrogens (tertiary/aromatic N) is 5. The second kappa shape index (κ2) is 12.2. The molecule has 0 spiro atoms. The van der Waals surface area contributed by atoms with Crippen LogP contribution in [0.15, 0.2) is 73.3 Å². The van der Waals surface area contributed by atoms with Crippen molar-refractivity contribution in [1.82, 2.24) is 19.5 Å². The number of carbonyl (C=O) groups is 2. The number of imidazole rings is 1. The molecule has 1 aliphatic heterocycles. The largest absolute Gasteiger partial charge is 0.419 e. The maximum atomic E-state index is 14.5. The van der Waals surface area contributed by atoms with Gasteiger partial charge in [0.2, 0.25) is 5.95 Å². The Morgan fingerprint density at radius 2 is 1.73 bits per heavy atom. The highest BCUT2D eigenvalue weighted by Crippen LogP contribution is 2.36. The van der Waals surface area contributed by atoms with Gasteiger partial charge in [-0.3, -0.25) is 15.0 Å². The number of urea groups is 1. The van der Waals surface area contributed by atoms with Gasteiger partial charge in [-0.1, -0.05) is 12.1 Å². The molecule has 0 aliphatic carbocycles. The number of halogens is 7. The molecule has 3 N–H and O–H groups in total. The zero-order chi connectivity index (χ0) is 35.2. The number of benzene rings is 3. The summed E-state index contributed by atoms with van der Waals surface area (Å²) < 4.78 is 96.4. The predicted octanol–water partition coefficient (Wildman–Crippen LogP) is 8.00. The van der Waals surface area contributed by atoms with Gasteiger partial charge in [0, 0.05) is 34.9 Å². The van der Waals surface area contributed by atoms with Crippen molar-refractivity contribution in [2.75, 3.05) is 20.9 Å². The summed E-state index contributed by atoms with van der Waals surface area (Å²) in [5.74, 6) is -2.62. The first-order valence-corrected chi connectivity index (χ1v) is 14.3. The van der Waals surface area contributed by atoms with Crippen LogP contribution in [0.2, 0.25) is 0 Å². The second-order valence-electron chi connectivity index (χ2n) is 11.0. The molecule has 1 aliphatic rings. The zero-order valence-electron chi connectivity index (χ0n) is 25.3. The Morgan fingerprint density at radius 1 is 0.959 bits per heavy atom. The van der Waals surface area contributed by atoms with Gasteiger partial charge in [0.05, 0.1) is 41.1 Å². The number of aryl methyl sites for hydroxylation is 2. The number of fused-ring (bicyclic) bond motifs is 1. The SMILES string of the molecule is Cc1cn(-c2cc(C(=O)Nc3ccc(C)c(N4Cc5cnc(Nc6cccc(C(F)(F)F)c6F)nc5NC4=O)c3)cc(C(F)(F)F)c2)cn1. The molecule has 0 unspecified atom stereocenters. The molecule has 0 saturated heterocycles. The summed E-state index contributed by atoms with van der Waals surface area (Å²) in [6, 6.07) is 9.56. The standard InChI is InChI=1S/C32H23F7N8O2/c1-16-6-7-21(42-28(48)18-8-20(31(34,35)36)10-22(9-18)46-13-17(2)41-15-46)11-25(16)47-14-19-12-40-29(44-27(19)45-30(47)49)43-24-5-3-4-23(26(24)33)32(37,38)39/h3-13,15H,14H2,1-2H3,(H,42,48)(H2,40,43,44,45,49). The van der Waals surface area contributed by atoms with Crippen molar-refractivity contribution in [3.05, 3.63) is 113 Å². The van der Waals surface area contributed by atoms with Crippen LogP contribution in [0, 0.1) is 19.7 Å². The Balaban J connectivity index is 1.23. The zero-order valence-corrected chi connectivity index (χ0v) is 25.3. The fourth-order valence-electron chi connectivity index (χ4n) is 5.06. The third-order valence-corrected chi connectivity index (χ3v) is 7.49. The minimum Gasteiger partial charge on any atom is -0.322 e. The molecular formula is C32H23F7N8O2. The number of amides is 3. The molecule has 3 aromatic carbocycles. The van der Waals surface area contributed by atoms with Gasteiger partial charge in [0.25, 0.3) is 5.91 Å². The van der Waals surface area contributed by atoms with Crippen LogP contribution >= 0.6 is 0 Å². The smallest absolute Gasteiger partial charge is 0.322 e. The molecule has 5 aromatic rings. The first-order chi connectivity index (χ1) is 23.1. The minimum atomic E-state index is -4.92. The topological polar surface area (TPSA) is 117 Å². The van der Waals surface area contributed by atoms with E-state index in [1.54, 1.807) is 19.9 Å². The summed E-state index contributed by atoms with van der Waals surface area (Å²) in [5.41, 5.74) is -1.13. The van der Waals surface area contributed by atoms with Crippen LogP contribution in [-0.2, 0) is 18.9 Å². The average molecular weight is 685 g/mol. The lowest BCUT2D eigenvalue weighted by Gasteiger charge is -2.30. The predicted molar refractivity (Wildman–Crippen MR) is 164 cm³/mol. The third-order valence-electron chi connectivity index (χ3n) is 7.49. The lowest BCUT2D eigenvalue weighted by atomic mass is 10.1. The van der Waals surface area contributed by atoms with Gasteiger partial charge < -0.3 is 15.2 Å². The fraction of sp³-hybridized carbons (Fsp3) is 0.156. The maximum absolute atomic E-state index is 14.5. The summed E-state index contributed by atoms with van der Waals surface area (Å²) in [6.45, 7) is 3.30. The molecule has 2 aromatic heterocycles. The van der Waals surface area contributed by atoms with Crippen LogP contribution in [0.5, 0.6) is 0 Å². The summed E-state index contributed by atoms with van der Waals surface area (Å²) >= 11 is 0. The van der Waals surface area contributed by atoms with Gasteiger partial charge in [-0.05, 0) is 61.9 Å². The number of carbonyl (C=O) groups excluding carboxylic acids is 2. The third kappa shape index (κ3) is 6.86. The Labute approximate surface area is 272 Å². The van der Waals surface area contributed by atoms with E-state index in [4.69, 9.17) is 0 Å². The Bertz CT molecular complexity index is 2110. The van der Waals surface area contributed by atoms with Crippen molar-refractivity contribution in [2.24, 2.45) is 0 Å². The van der Waals surface area contributed by atoms with E-state index in [2.05, 4.69) is 30.9 Å². The van der Waals surface area contributed by atoms with Gasteiger partial charge in [-0.25, -0.2) is 19.2 Å². The highest BCUT2D eigenvalue weighted by atomic mass is 19.4. The Kier molecular flexibility index (Phi) is 8.21. The summed E-state index contributed by atoms with van der Waals surface area (Å²) in [5, 5.41) is 7.55. The van der Waals surface area contributed by atoms with Crippen molar-refractivity contribution in [1.29, 1.82) is 0 Å². The lowest BCUT2D eigenvalue weighted by molar-refractivity contribution is -0.140. The summed E-state index contributed by atoms with van der Waals surface area (Å²) in [6.07, 6.45) is -5.50. The molecule has 49 heavy (non-hydrogen) atoms. The van der Waals surface area contributed by atoms with Crippen molar-refractivity contribution in [3.63, 3.8) is 0 Å². The first-order valence-electron chi connectivity index (χ1n) is 14.3. The molecule has 6 rings (SSSR count). The normalized spacial score (nSPS) is 13.2. The van der Waals surface area contributed by atoms with Crippen LogP contribution in [0.3, 0.4) is 0 Å². The van der Waals surface area contributed by atoms with Crippen LogP contribution in [0.25, 0.3) is 5.69 Å². The maximum Gasteiger partial charge on any atom is 0.419 e. The number of alkyl halides is 6. The number of anilines is 5. The van der Waals surface area contributed by atoms with Crippen LogP contribution in [0.1, 0.15) is 38.3 Å². The quantitative estimate of drug-likeness (QED) is 0.156. The molecule has 0 bridgehead atoms. The molecule has 0 atom stereocenters. The summed E-state index contributed by atoms with van der Waals surface area (Å²) in [7, 11) is 0. The number of hydrogen-bond acceptors (Lipinski definition) is 6. The van der Waals surface area contributed by atoms with Gasteiger partial charge in [0.15, 0.2) is 5.82 Å². The summed E-state index contributed by atoms with van der Waals surface area (Å²) in [4.78, 5) is 39.9. The molecule has 3 heterocycles. The van der Waals surface area contributed by atoms with Gasteiger partial charge in [-0.15, -0.1) is 0 Å². The van der Waals surface area contributed by atoms with Crippen LogP contribution in [0.4, 0.5) is 64.4 Å². The van der Waals surface area contributed by atoms with Gasteiger partial charge >= 0.3 is 18.4 Å². The Morgan fingerprint density at radius 3 is 2.43 bits per heavy atom. The van der Waals surface area contributed by atoms with Crippen molar-refractivity contribution in [2.45, 2.75) is 32.7 Å². The fourth-order valence-corrected chi connectivity index (χ4v) is 5.06. The molecule has 3 amide bonds. The van der Waals surface area contributed by atoms with Crippen molar-refractivity contribution in [3.8, 4) is 5.69 Å². The number of aromatic nitrogens is 4. The molecular weight excluding hydrogens is 661 g/mol. The van der Waals surface area contributed by atoms with Crippen molar-refractivity contribution < 1.29 is 40.3 Å². The average Bonchev–Trinajstić information content (AvgIpc) is 3.47. The highest BCUT2D eigenvalue weighted by Gasteiger charge is 2.35. The van der Waals surface area contributed by atoms with Gasteiger partial charge in [-0.2, -0.15) is 31.3 Å². The number of nitrogens with one attached hydrogen (secondary N) is 3. The molecule has 17 heteroatoms. The van der Waals surface area contributed by atoms with Crippen LogP contribution < -0.4 is 20.9 Å². The lowest BCUT2D eigenvalue weighted by Crippen LogP contribution is -2.39. The first kappa shape index (κ1) is 32.9. The monoisotopic (exact) mass is 684 g/mol. The van der Waals surface area contributed by atoms with E-state index >= 15 is 0 Å². The number of hydrogen-bond donors (Lipinski definition) is 3. The highest BCUT2D eigenvalue weighted by molar-refractivity contribution is 6.07. The second-order valence-corrected chi connectivity index (χ2v) is 11.0. The van der Waals surface area contributed by atoms with E-state index < -0.39 is 46.9 Å². The van der Waals surface area contributed by atoms with E-state index in [0.717, 1.165) is 24.3 Å². The number of rotatable bonds is 6. The Hall–Kier alpha value is -6.00. The van der Waals surface area contributed by atoms with E-state index in [-0.39, 0.29) is 35.2 Å². The molecule has 0 radical (unpaired) electrons. The molecule has 0 saturated carbocycles. The minimum absolute atomic E-state index is 0.0293. The molecule has 0 fully saturated rings. The molecule has 252 valence electrons. The van der Waals surface area contributed by atoms with Gasteiger partial charge in [0.1, 0.15) is 5.82 Å². The van der Waals surface area contributed by atoms with E-state index in [0.29, 0.717) is 28.6 Å². The van der Waals surface area contributed by atoms with E-state index in [1.165, 1.54) is 46.4 Å². The van der Waals surface area contributed by atoms with E-state index in [9.17, 15) is 40.3 Å².